The first-order valence-electron chi connectivity index (χ1n) is 10.6. The van der Waals surface area contributed by atoms with Gasteiger partial charge < -0.3 is 9.47 Å². The summed E-state index contributed by atoms with van der Waals surface area (Å²) in [4.78, 5) is 23.9. The first kappa shape index (κ1) is 22.0. The van der Waals surface area contributed by atoms with Crippen LogP contribution in [0.15, 0.2) is 53.3 Å². The number of ether oxygens (including phenoxy) is 2. The maximum absolute atomic E-state index is 12.7. The van der Waals surface area contributed by atoms with Gasteiger partial charge in [-0.1, -0.05) is 62.3 Å². The van der Waals surface area contributed by atoms with E-state index >= 15 is 0 Å². The molecular formula is C25H28O4S. The monoisotopic (exact) mass is 424 g/mol. The molecule has 0 fully saturated rings. The van der Waals surface area contributed by atoms with E-state index in [9.17, 15) is 9.59 Å². The molecule has 1 aromatic heterocycles. The van der Waals surface area contributed by atoms with Gasteiger partial charge in [-0.2, -0.15) is 0 Å². The Bertz CT molecular complexity index is 1040. The van der Waals surface area contributed by atoms with E-state index in [1.165, 1.54) is 36.2 Å². The Labute approximate surface area is 181 Å². The van der Waals surface area contributed by atoms with Crippen molar-refractivity contribution in [3.63, 3.8) is 0 Å². The van der Waals surface area contributed by atoms with Crippen LogP contribution in [0.3, 0.4) is 0 Å². The van der Waals surface area contributed by atoms with Crippen molar-refractivity contribution in [1.29, 1.82) is 0 Å². The summed E-state index contributed by atoms with van der Waals surface area (Å²) in [5.74, 6) is 0.423. The lowest BCUT2D eigenvalue weighted by Crippen LogP contribution is -2.11. The third-order valence-corrected chi connectivity index (χ3v) is 5.92. The van der Waals surface area contributed by atoms with Crippen molar-refractivity contribution in [2.45, 2.75) is 46.0 Å². The zero-order chi connectivity index (χ0) is 21.3. The van der Waals surface area contributed by atoms with Crippen LogP contribution in [0, 0.1) is 0 Å². The van der Waals surface area contributed by atoms with Crippen molar-refractivity contribution in [1.82, 2.24) is 0 Å². The molecule has 0 bridgehead atoms. The molecule has 0 amide bonds. The van der Waals surface area contributed by atoms with E-state index in [0.29, 0.717) is 12.2 Å². The van der Waals surface area contributed by atoms with Crippen LogP contribution in [0.1, 0.15) is 45.1 Å². The van der Waals surface area contributed by atoms with E-state index in [1.54, 1.807) is 6.92 Å². The molecule has 4 nitrogen and oxygen atoms in total. The Hall–Kier alpha value is -2.66. The highest BCUT2D eigenvalue weighted by Gasteiger charge is 2.08. The van der Waals surface area contributed by atoms with Crippen LogP contribution in [0.25, 0.3) is 21.2 Å². The van der Waals surface area contributed by atoms with Crippen LogP contribution in [0.4, 0.5) is 0 Å². The average Bonchev–Trinajstić information content (AvgIpc) is 2.76. The van der Waals surface area contributed by atoms with Gasteiger partial charge in [0.1, 0.15) is 19.0 Å². The topological polar surface area (TPSA) is 52.6 Å². The number of rotatable bonds is 10. The first-order valence-corrected chi connectivity index (χ1v) is 11.4. The summed E-state index contributed by atoms with van der Waals surface area (Å²) in [6.07, 6.45) is 5.10. The summed E-state index contributed by atoms with van der Waals surface area (Å²) < 4.78 is 11.6. The molecule has 2 aromatic carbocycles. The highest BCUT2D eigenvalue weighted by molar-refractivity contribution is 7.16. The molecule has 5 heteroatoms. The maximum Gasteiger partial charge on any atom is 0.305 e. The van der Waals surface area contributed by atoms with Gasteiger partial charge in [0.15, 0.2) is 0 Å². The Morgan fingerprint density at radius 1 is 0.967 bits per heavy atom. The van der Waals surface area contributed by atoms with Gasteiger partial charge in [-0.3, -0.25) is 9.59 Å². The lowest BCUT2D eigenvalue weighted by Gasteiger charge is -2.09. The van der Waals surface area contributed by atoms with Gasteiger partial charge in [-0.15, -0.1) is 0 Å². The second-order valence-corrected chi connectivity index (χ2v) is 8.24. The molecule has 0 unspecified atom stereocenters. The van der Waals surface area contributed by atoms with Gasteiger partial charge in [-0.05, 0) is 53.6 Å². The van der Waals surface area contributed by atoms with Gasteiger partial charge in [0.05, 0.1) is 0 Å². The van der Waals surface area contributed by atoms with E-state index in [0.717, 1.165) is 27.6 Å². The predicted molar refractivity (Wildman–Crippen MR) is 124 cm³/mol. The fraction of sp³-hybridized carbons (Fsp3) is 0.360. The molecule has 158 valence electrons. The van der Waals surface area contributed by atoms with Crippen molar-refractivity contribution >= 4 is 27.4 Å². The molecule has 3 aromatic rings. The Kier molecular flexibility index (Phi) is 8.03. The summed E-state index contributed by atoms with van der Waals surface area (Å²) in [5.41, 5.74) is 3.00. The van der Waals surface area contributed by atoms with Crippen molar-refractivity contribution in [2.24, 2.45) is 0 Å². The van der Waals surface area contributed by atoms with Crippen LogP contribution < -0.4 is 9.48 Å². The molecule has 0 saturated carbocycles. The van der Waals surface area contributed by atoms with E-state index in [1.807, 2.05) is 36.4 Å². The summed E-state index contributed by atoms with van der Waals surface area (Å²) in [6, 6.07) is 16.0. The zero-order valence-corrected chi connectivity index (χ0v) is 18.4. The molecule has 0 atom stereocenters. The minimum Gasteiger partial charge on any atom is -0.490 e. The summed E-state index contributed by atoms with van der Waals surface area (Å²) in [5, 5.41) is 1.01. The molecule has 0 saturated heterocycles. The van der Waals surface area contributed by atoms with Gasteiger partial charge in [0, 0.05) is 16.7 Å². The van der Waals surface area contributed by atoms with Gasteiger partial charge in [0.2, 0.25) is 4.74 Å². The number of aryl methyl sites for hydroxylation is 1. The van der Waals surface area contributed by atoms with Gasteiger partial charge in [0.25, 0.3) is 0 Å². The summed E-state index contributed by atoms with van der Waals surface area (Å²) >= 11 is 1.23. The van der Waals surface area contributed by atoms with E-state index in [2.05, 4.69) is 19.1 Å². The lowest BCUT2D eigenvalue weighted by atomic mass is 10.0. The molecule has 30 heavy (non-hydrogen) atoms. The van der Waals surface area contributed by atoms with Crippen molar-refractivity contribution in [2.75, 3.05) is 13.2 Å². The second kappa shape index (κ2) is 10.9. The summed E-state index contributed by atoms with van der Waals surface area (Å²) in [7, 11) is 0. The number of hydrogen-bond acceptors (Lipinski definition) is 5. The summed E-state index contributed by atoms with van der Waals surface area (Å²) in [6.45, 7) is 4.47. The average molecular weight is 425 g/mol. The van der Waals surface area contributed by atoms with Crippen LogP contribution >= 0.6 is 11.3 Å². The number of hydrogen-bond donors (Lipinski definition) is 0. The fourth-order valence-electron chi connectivity index (χ4n) is 3.23. The predicted octanol–water partition coefficient (Wildman–Crippen LogP) is 5.99. The van der Waals surface area contributed by atoms with Crippen LogP contribution in [0.5, 0.6) is 5.75 Å². The number of carbonyl (C=O) groups is 1. The maximum atomic E-state index is 12.7. The normalized spacial score (nSPS) is 10.9. The van der Waals surface area contributed by atoms with Crippen molar-refractivity contribution in [3.05, 3.63) is 63.6 Å². The standard InChI is InChI=1S/C25H28O4S/c1-3-5-6-7-18-8-10-19(11-9-18)22-16-20-12-13-21(17-23(20)30-25(22)27)28-14-15-29-24(26)4-2/h8-13,16-17H,3-7,14-15H2,1-2H3. The number of benzene rings is 2. The molecule has 1 heterocycles. The van der Waals surface area contributed by atoms with Crippen LogP contribution in [-0.4, -0.2) is 19.2 Å². The van der Waals surface area contributed by atoms with Crippen LogP contribution in [-0.2, 0) is 16.0 Å². The van der Waals surface area contributed by atoms with Crippen LogP contribution in [0.2, 0.25) is 0 Å². The smallest absolute Gasteiger partial charge is 0.305 e. The highest BCUT2D eigenvalue weighted by Crippen LogP contribution is 2.27. The fourth-order valence-corrected chi connectivity index (χ4v) is 4.14. The Morgan fingerprint density at radius 2 is 1.77 bits per heavy atom. The molecule has 0 aliphatic heterocycles. The molecule has 0 aliphatic rings. The first-order chi connectivity index (χ1) is 14.6. The number of carbonyl (C=O) groups excluding carboxylic acids is 1. The number of unbranched alkanes of at least 4 members (excludes halogenated alkanes) is 2. The lowest BCUT2D eigenvalue weighted by molar-refractivity contribution is -0.143. The minimum atomic E-state index is -0.239. The molecule has 0 N–H and O–H groups in total. The van der Waals surface area contributed by atoms with E-state index < -0.39 is 0 Å². The highest BCUT2D eigenvalue weighted by atomic mass is 32.1. The van der Waals surface area contributed by atoms with E-state index in [4.69, 9.17) is 9.47 Å². The number of esters is 1. The van der Waals surface area contributed by atoms with Gasteiger partial charge >= 0.3 is 5.97 Å². The SMILES string of the molecule is CCCCCc1ccc(-c2cc3ccc(OCCOC(=O)CC)cc3sc2=O)cc1. The quantitative estimate of drug-likeness (QED) is 0.296. The van der Waals surface area contributed by atoms with Crippen molar-refractivity contribution in [3.8, 4) is 16.9 Å². The Balaban J connectivity index is 1.71. The third-order valence-electron chi connectivity index (χ3n) is 4.95. The second-order valence-electron chi connectivity index (χ2n) is 7.22. The largest absolute Gasteiger partial charge is 0.490 e. The molecule has 0 aliphatic carbocycles. The Morgan fingerprint density at radius 3 is 2.50 bits per heavy atom. The third kappa shape index (κ3) is 5.92. The molecular weight excluding hydrogens is 396 g/mol. The van der Waals surface area contributed by atoms with Gasteiger partial charge in [-0.25, -0.2) is 0 Å². The number of fused-ring (bicyclic) bond motifs is 1. The van der Waals surface area contributed by atoms with E-state index in [-0.39, 0.29) is 23.9 Å². The molecule has 3 rings (SSSR count). The van der Waals surface area contributed by atoms with Crippen molar-refractivity contribution < 1.29 is 14.3 Å². The minimum absolute atomic E-state index is 0.0373. The zero-order valence-electron chi connectivity index (χ0n) is 17.6. The molecule has 0 radical (unpaired) electrons. The molecule has 0 spiro atoms.